The van der Waals surface area contributed by atoms with Crippen LogP contribution in [0.25, 0.3) is 0 Å². The van der Waals surface area contributed by atoms with Gasteiger partial charge in [0.1, 0.15) is 0 Å². The third-order valence-electron chi connectivity index (χ3n) is 2.57. The molecule has 1 aliphatic carbocycles. The van der Waals surface area contributed by atoms with Crippen molar-refractivity contribution in [3.63, 3.8) is 0 Å². The summed E-state index contributed by atoms with van der Waals surface area (Å²) in [5, 5.41) is 13.7. The van der Waals surface area contributed by atoms with Gasteiger partial charge in [-0.2, -0.15) is 0 Å². The first-order valence-electron chi connectivity index (χ1n) is 5.99. The number of rotatable bonds is 7. The Morgan fingerprint density at radius 3 is 2.56 bits per heavy atom. The number of hydrogen-bond acceptors (Lipinski definition) is 3. The molecule has 3 amide bonds. The van der Waals surface area contributed by atoms with Gasteiger partial charge in [-0.1, -0.05) is 0 Å². The highest BCUT2D eigenvalue weighted by atomic mass is 16.4. The number of carboxylic acids is 1. The van der Waals surface area contributed by atoms with Crippen LogP contribution in [0.4, 0.5) is 4.79 Å². The van der Waals surface area contributed by atoms with E-state index in [1.54, 1.807) is 7.05 Å². The van der Waals surface area contributed by atoms with Gasteiger partial charge in [-0.15, -0.1) is 0 Å². The second-order valence-corrected chi connectivity index (χ2v) is 4.42. The van der Waals surface area contributed by atoms with Gasteiger partial charge in [-0.25, -0.2) is 4.79 Å². The maximum atomic E-state index is 11.5. The van der Waals surface area contributed by atoms with Crippen molar-refractivity contribution in [2.24, 2.45) is 0 Å². The normalized spacial score (nSPS) is 13.8. The Balaban J connectivity index is 2.10. The number of carbonyl (C=O) groups is 3. The van der Waals surface area contributed by atoms with Crippen LogP contribution in [0, 0.1) is 0 Å². The largest absolute Gasteiger partial charge is 0.481 e. The molecule has 1 saturated carbocycles. The maximum absolute atomic E-state index is 11.5. The Morgan fingerprint density at radius 2 is 2.00 bits per heavy atom. The standard InChI is InChI=1S/C11H19N3O4/c1-14(6-2-3-10(16)17)11(18)12-7-9(15)13-8-4-5-8/h8H,2-7H2,1H3,(H,12,18)(H,13,15)(H,16,17). The maximum Gasteiger partial charge on any atom is 0.317 e. The summed E-state index contributed by atoms with van der Waals surface area (Å²) in [6.45, 7) is 0.307. The van der Waals surface area contributed by atoms with E-state index in [-0.39, 0.29) is 30.9 Å². The van der Waals surface area contributed by atoms with Crippen LogP contribution in [0.1, 0.15) is 25.7 Å². The van der Waals surface area contributed by atoms with Gasteiger partial charge in [0.15, 0.2) is 0 Å². The van der Waals surface area contributed by atoms with Crippen LogP contribution < -0.4 is 10.6 Å². The SMILES string of the molecule is CN(CCCC(=O)O)C(=O)NCC(=O)NC1CC1. The minimum atomic E-state index is -0.882. The number of nitrogens with zero attached hydrogens (tertiary/aromatic N) is 1. The summed E-state index contributed by atoms with van der Waals surface area (Å²) in [5.74, 6) is -1.07. The molecular formula is C11H19N3O4. The molecule has 1 rings (SSSR count). The van der Waals surface area contributed by atoms with E-state index in [0.717, 1.165) is 12.8 Å². The lowest BCUT2D eigenvalue weighted by Crippen LogP contribution is -2.43. The quantitative estimate of drug-likeness (QED) is 0.586. The van der Waals surface area contributed by atoms with Gasteiger partial charge in [0.05, 0.1) is 6.54 Å². The molecule has 1 aliphatic rings. The number of hydrogen-bond donors (Lipinski definition) is 3. The molecule has 0 aromatic carbocycles. The summed E-state index contributed by atoms with van der Waals surface area (Å²) in [6, 6.07) is -0.0889. The average Bonchev–Trinajstić information content (AvgIpc) is 3.09. The first-order chi connectivity index (χ1) is 8.49. The van der Waals surface area contributed by atoms with Crippen LogP contribution in [0.3, 0.4) is 0 Å². The van der Waals surface area contributed by atoms with E-state index in [9.17, 15) is 14.4 Å². The molecule has 0 aliphatic heterocycles. The molecule has 18 heavy (non-hydrogen) atoms. The smallest absolute Gasteiger partial charge is 0.317 e. The van der Waals surface area contributed by atoms with Crippen molar-refractivity contribution in [2.75, 3.05) is 20.1 Å². The van der Waals surface area contributed by atoms with E-state index in [4.69, 9.17) is 5.11 Å². The molecule has 7 nitrogen and oxygen atoms in total. The van der Waals surface area contributed by atoms with E-state index in [2.05, 4.69) is 10.6 Å². The summed E-state index contributed by atoms with van der Waals surface area (Å²) >= 11 is 0. The van der Waals surface area contributed by atoms with Crippen LogP contribution in [0.15, 0.2) is 0 Å². The molecule has 0 aromatic heterocycles. The van der Waals surface area contributed by atoms with E-state index in [0.29, 0.717) is 13.0 Å². The van der Waals surface area contributed by atoms with Gasteiger partial charge in [-0.3, -0.25) is 9.59 Å². The molecule has 0 saturated heterocycles. The van der Waals surface area contributed by atoms with E-state index < -0.39 is 5.97 Å². The number of carboxylic acid groups (broad SMARTS) is 1. The Bertz CT molecular complexity index is 328. The van der Waals surface area contributed by atoms with E-state index >= 15 is 0 Å². The molecule has 0 unspecified atom stereocenters. The minimum Gasteiger partial charge on any atom is -0.481 e. The van der Waals surface area contributed by atoms with E-state index in [1.165, 1.54) is 4.90 Å². The van der Waals surface area contributed by atoms with Crippen molar-refractivity contribution in [3.05, 3.63) is 0 Å². The van der Waals surface area contributed by atoms with Crippen LogP contribution in [0.2, 0.25) is 0 Å². The van der Waals surface area contributed by atoms with Gasteiger partial charge < -0.3 is 20.6 Å². The van der Waals surface area contributed by atoms with E-state index in [1.807, 2.05) is 0 Å². The number of urea groups is 1. The van der Waals surface area contributed by atoms with Crippen LogP contribution in [-0.4, -0.2) is 54.1 Å². The topological polar surface area (TPSA) is 98.7 Å². The lowest BCUT2D eigenvalue weighted by molar-refractivity contribution is -0.137. The zero-order valence-corrected chi connectivity index (χ0v) is 10.4. The fraction of sp³-hybridized carbons (Fsp3) is 0.727. The Kier molecular flexibility index (Phi) is 5.41. The lowest BCUT2D eigenvalue weighted by Gasteiger charge is -2.17. The molecule has 7 heteroatoms. The monoisotopic (exact) mass is 257 g/mol. The Labute approximate surface area is 106 Å². The molecule has 0 aromatic rings. The summed E-state index contributed by atoms with van der Waals surface area (Å²) in [6.07, 6.45) is 2.44. The molecule has 1 fully saturated rings. The molecule has 0 atom stereocenters. The van der Waals surface area contributed by atoms with Crippen LogP contribution in [-0.2, 0) is 9.59 Å². The minimum absolute atomic E-state index is 0.0276. The predicted molar refractivity (Wildman–Crippen MR) is 64.1 cm³/mol. The third kappa shape index (κ3) is 6.07. The highest BCUT2D eigenvalue weighted by Gasteiger charge is 2.23. The summed E-state index contributed by atoms with van der Waals surface area (Å²) in [4.78, 5) is 34.5. The molecule has 0 heterocycles. The molecular weight excluding hydrogens is 238 g/mol. The van der Waals surface area contributed by atoms with Gasteiger partial charge in [0, 0.05) is 26.1 Å². The first kappa shape index (κ1) is 14.3. The second-order valence-electron chi connectivity index (χ2n) is 4.42. The van der Waals surface area contributed by atoms with Crippen molar-refractivity contribution in [2.45, 2.75) is 31.7 Å². The highest BCUT2D eigenvalue weighted by molar-refractivity contribution is 5.84. The fourth-order valence-corrected chi connectivity index (χ4v) is 1.37. The average molecular weight is 257 g/mol. The zero-order chi connectivity index (χ0) is 13.5. The number of amides is 3. The summed E-state index contributed by atoms with van der Waals surface area (Å²) < 4.78 is 0. The van der Waals surface area contributed by atoms with Crippen molar-refractivity contribution >= 4 is 17.9 Å². The Morgan fingerprint density at radius 1 is 1.33 bits per heavy atom. The number of nitrogens with one attached hydrogen (secondary N) is 2. The number of aliphatic carboxylic acids is 1. The molecule has 0 spiro atoms. The van der Waals surface area contributed by atoms with Crippen molar-refractivity contribution in [1.29, 1.82) is 0 Å². The number of carbonyl (C=O) groups excluding carboxylic acids is 2. The fourth-order valence-electron chi connectivity index (χ4n) is 1.37. The summed E-state index contributed by atoms with van der Waals surface area (Å²) in [7, 11) is 1.57. The second kappa shape index (κ2) is 6.83. The van der Waals surface area contributed by atoms with Crippen LogP contribution >= 0.6 is 0 Å². The van der Waals surface area contributed by atoms with Crippen molar-refractivity contribution in [1.82, 2.24) is 15.5 Å². The first-order valence-corrected chi connectivity index (χ1v) is 5.99. The highest BCUT2D eigenvalue weighted by Crippen LogP contribution is 2.18. The van der Waals surface area contributed by atoms with Crippen LogP contribution in [0.5, 0.6) is 0 Å². The molecule has 0 bridgehead atoms. The van der Waals surface area contributed by atoms with Gasteiger partial charge in [0.25, 0.3) is 0 Å². The van der Waals surface area contributed by atoms with Crippen molar-refractivity contribution < 1.29 is 19.5 Å². The Hall–Kier alpha value is -1.79. The van der Waals surface area contributed by atoms with Gasteiger partial charge >= 0.3 is 12.0 Å². The zero-order valence-electron chi connectivity index (χ0n) is 10.4. The molecule has 3 N–H and O–H groups in total. The predicted octanol–water partition coefficient (Wildman–Crippen LogP) is -0.229. The molecule has 102 valence electrons. The van der Waals surface area contributed by atoms with Gasteiger partial charge in [-0.05, 0) is 19.3 Å². The van der Waals surface area contributed by atoms with Crippen molar-refractivity contribution in [3.8, 4) is 0 Å². The third-order valence-corrected chi connectivity index (χ3v) is 2.57. The van der Waals surface area contributed by atoms with Gasteiger partial charge in [0.2, 0.25) is 5.91 Å². The molecule has 0 radical (unpaired) electrons. The lowest BCUT2D eigenvalue weighted by atomic mass is 10.3. The summed E-state index contributed by atoms with van der Waals surface area (Å²) in [5.41, 5.74) is 0.